The van der Waals surface area contributed by atoms with Gasteiger partial charge < -0.3 is 0 Å². The molecule has 0 bridgehead atoms. The number of hydrogen-bond acceptors (Lipinski definition) is 2. The molecule has 0 spiro atoms. The maximum Gasteiger partial charge on any atom is 0.215 e. The monoisotopic (exact) mass is 193 g/mol. The van der Waals surface area contributed by atoms with Crippen molar-refractivity contribution in [3.63, 3.8) is 0 Å². The predicted octanol–water partition coefficient (Wildman–Crippen LogP) is 2.30. The second-order valence-corrected chi connectivity index (χ2v) is 3.71. The molecule has 0 unspecified atom stereocenters. The predicted molar refractivity (Wildman–Crippen MR) is 51.8 cm³/mol. The molecule has 0 aliphatic carbocycles. The maximum absolute atomic E-state index is 13.3. The molecule has 4 heteroatoms. The Hall–Kier alpha value is -1.45. The van der Waals surface area contributed by atoms with E-state index in [9.17, 15) is 4.39 Å². The molecule has 2 aromatic rings. The van der Waals surface area contributed by atoms with Crippen LogP contribution in [0.25, 0.3) is 5.52 Å². The molecule has 0 saturated carbocycles. The number of nitrogens with zero attached hydrogens (tertiary/aromatic N) is 3. The molecule has 0 aliphatic rings. The molecule has 2 heterocycles. The fourth-order valence-electron chi connectivity index (χ4n) is 1.63. The lowest BCUT2D eigenvalue weighted by atomic mass is 10.1. The fourth-order valence-corrected chi connectivity index (χ4v) is 1.63. The summed E-state index contributed by atoms with van der Waals surface area (Å²) in [5.74, 6) is -0.0599. The van der Waals surface area contributed by atoms with E-state index in [0.717, 1.165) is 16.8 Å². The molecular formula is C10H12FN3. The van der Waals surface area contributed by atoms with Crippen LogP contribution in [0.1, 0.15) is 31.0 Å². The van der Waals surface area contributed by atoms with Crippen molar-refractivity contribution < 1.29 is 4.39 Å². The molecule has 0 aromatic carbocycles. The lowest BCUT2D eigenvalue weighted by Crippen LogP contribution is -2.02. The molecule has 0 atom stereocenters. The highest BCUT2D eigenvalue weighted by molar-refractivity contribution is 5.59. The highest BCUT2D eigenvalue weighted by Gasteiger charge is 2.13. The van der Waals surface area contributed by atoms with Gasteiger partial charge in [0.25, 0.3) is 0 Å². The third kappa shape index (κ3) is 1.18. The number of fused-ring (bicyclic) bond motifs is 1. The zero-order valence-electron chi connectivity index (χ0n) is 8.45. The Bertz CT molecular complexity index is 473. The van der Waals surface area contributed by atoms with Crippen molar-refractivity contribution >= 4 is 5.52 Å². The Labute approximate surface area is 81.6 Å². The standard InChI is InChI=1S/C10H12FN3/c1-6(2)9-10-7(3)4-8(11)14(10)13-5-12-9/h4-6H,1-3H3. The van der Waals surface area contributed by atoms with Gasteiger partial charge in [-0.2, -0.15) is 9.49 Å². The normalized spacial score (nSPS) is 11.5. The van der Waals surface area contributed by atoms with E-state index >= 15 is 0 Å². The largest absolute Gasteiger partial charge is 0.237 e. The van der Waals surface area contributed by atoms with Crippen LogP contribution in [0.4, 0.5) is 4.39 Å². The van der Waals surface area contributed by atoms with Crippen molar-refractivity contribution in [2.24, 2.45) is 0 Å². The SMILES string of the molecule is Cc1cc(F)n2ncnc(C(C)C)c12. The van der Waals surface area contributed by atoms with Gasteiger partial charge in [0.2, 0.25) is 5.95 Å². The molecule has 14 heavy (non-hydrogen) atoms. The summed E-state index contributed by atoms with van der Waals surface area (Å²) in [5.41, 5.74) is 2.56. The van der Waals surface area contributed by atoms with Crippen molar-refractivity contribution in [1.29, 1.82) is 0 Å². The van der Waals surface area contributed by atoms with Gasteiger partial charge in [0.15, 0.2) is 0 Å². The molecule has 3 nitrogen and oxygen atoms in total. The molecule has 0 aliphatic heterocycles. The first-order chi connectivity index (χ1) is 6.61. The molecule has 0 fully saturated rings. The van der Waals surface area contributed by atoms with Crippen molar-refractivity contribution in [2.45, 2.75) is 26.7 Å². The molecular weight excluding hydrogens is 181 g/mol. The lowest BCUT2D eigenvalue weighted by Gasteiger charge is -2.06. The van der Waals surface area contributed by atoms with Crippen molar-refractivity contribution in [3.05, 3.63) is 29.6 Å². The van der Waals surface area contributed by atoms with Gasteiger partial charge in [-0.3, -0.25) is 0 Å². The zero-order chi connectivity index (χ0) is 10.3. The quantitative estimate of drug-likeness (QED) is 0.695. The summed E-state index contributed by atoms with van der Waals surface area (Å²) in [7, 11) is 0. The minimum atomic E-state index is -0.332. The van der Waals surface area contributed by atoms with E-state index in [-0.39, 0.29) is 11.9 Å². The van der Waals surface area contributed by atoms with Crippen molar-refractivity contribution in [2.75, 3.05) is 0 Å². The molecule has 0 N–H and O–H groups in total. The van der Waals surface area contributed by atoms with Gasteiger partial charge in [-0.05, 0) is 24.5 Å². The number of aryl methyl sites for hydroxylation is 1. The molecule has 2 rings (SSSR count). The second-order valence-electron chi connectivity index (χ2n) is 3.71. The average molecular weight is 193 g/mol. The summed E-state index contributed by atoms with van der Waals surface area (Å²) in [6, 6.07) is 1.48. The Morgan fingerprint density at radius 3 is 2.79 bits per heavy atom. The van der Waals surface area contributed by atoms with Gasteiger partial charge in [-0.15, -0.1) is 0 Å². The van der Waals surface area contributed by atoms with Crippen LogP contribution in [-0.2, 0) is 0 Å². The van der Waals surface area contributed by atoms with Gasteiger partial charge >= 0.3 is 0 Å². The van der Waals surface area contributed by atoms with E-state index in [0.29, 0.717) is 0 Å². The summed E-state index contributed by atoms with van der Waals surface area (Å²) >= 11 is 0. The zero-order valence-corrected chi connectivity index (χ0v) is 8.45. The van der Waals surface area contributed by atoms with Gasteiger partial charge in [0.05, 0.1) is 11.2 Å². The first-order valence-electron chi connectivity index (χ1n) is 4.60. The third-order valence-corrected chi connectivity index (χ3v) is 2.28. The summed E-state index contributed by atoms with van der Waals surface area (Å²) in [6.45, 7) is 5.94. The molecule has 0 saturated heterocycles. The van der Waals surface area contributed by atoms with E-state index in [1.165, 1.54) is 16.9 Å². The van der Waals surface area contributed by atoms with Gasteiger partial charge in [0.1, 0.15) is 6.33 Å². The van der Waals surface area contributed by atoms with E-state index in [1.807, 2.05) is 20.8 Å². The highest BCUT2D eigenvalue weighted by atomic mass is 19.1. The molecule has 2 aromatic heterocycles. The van der Waals surface area contributed by atoms with E-state index in [1.54, 1.807) is 0 Å². The minimum Gasteiger partial charge on any atom is -0.237 e. The van der Waals surface area contributed by atoms with Crippen LogP contribution in [-0.4, -0.2) is 14.6 Å². The summed E-state index contributed by atoms with van der Waals surface area (Å²) in [6.07, 6.45) is 1.39. The fraction of sp³-hybridized carbons (Fsp3) is 0.400. The van der Waals surface area contributed by atoms with E-state index in [4.69, 9.17) is 0 Å². The second kappa shape index (κ2) is 3.04. The average Bonchev–Trinajstić information content (AvgIpc) is 2.43. The van der Waals surface area contributed by atoms with Gasteiger partial charge in [0, 0.05) is 0 Å². The highest BCUT2D eigenvalue weighted by Crippen LogP contribution is 2.22. The summed E-state index contributed by atoms with van der Waals surface area (Å²) in [4.78, 5) is 4.18. The summed E-state index contributed by atoms with van der Waals surface area (Å²) in [5, 5.41) is 3.88. The smallest absolute Gasteiger partial charge is 0.215 e. The Kier molecular flexibility index (Phi) is 1.98. The molecule has 74 valence electrons. The van der Waals surface area contributed by atoms with E-state index in [2.05, 4.69) is 10.1 Å². The Morgan fingerprint density at radius 2 is 2.14 bits per heavy atom. The third-order valence-electron chi connectivity index (χ3n) is 2.28. The van der Waals surface area contributed by atoms with Crippen molar-refractivity contribution in [1.82, 2.24) is 14.6 Å². The topological polar surface area (TPSA) is 30.2 Å². The molecule has 0 radical (unpaired) electrons. The van der Waals surface area contributed by atoms with Crippen LogP contribution in [0.2, 0.25) is 0 Å². The van der Waals surface area contributed by atoms with Gasteiger partial charge in [-0.25, -0.2) is 9.50 Å². The molecule has 0 amide bonds. The van der Waals surface area contributed by atoms with Gasteiger partial charge in [-0.1, -0.05) is 13.8 Å². The van der Waals surface area contributed by atoms with E-state index < -0.39 is 0 Å². The Morgan fingerprint density at radius 1 is 1.43 bits per heavy atom. The number of halogens is 1. The maximum atomic E-state index is 13.3. The summed E-state index contributed by atoms with van der Waals surface area (Å²) < 4.78 is 14.6. The Balaban J connectivity index is 2.85. The number of aromatic nitrogens is 3. The van der Waals surface area contributed by atoms with Crippen LogP contribution in [0, 0.1) is 12.9 Å². The first kappa shape index (κ1) is 9.12. The van der Waals surface area contributed by atoms with Crippen LogP contribution in [0.3, 0.4) is 0 Å². The van der Waals surface area contributed by atoms with Crippen molar-refractivity contribution in [3.8, 4) is 0 Å². The van der Waals surface area contributed by atoms with Crippen LogP contribution in [0.5, 0.6) is 0 Å². The van der Waals surface area contributed by atoms with Crippen LogP contribution < -0.4 is 0 Å². The number of hydrogen-bond donors (Lipinski definition) is 0. The first-order valence-corrected chi connectivity index (χ1v) is 4.60. The van der Waals surface area contributed by atoms with Crippen LogP contribution in [0.15, 0.2) is 12.4 Å². The lowest BCUT2D eigenvalue weighted by molar-refractivity contribution is 0.545. The minimum absolute atomic E-state index is 0.272. The van der Waals surface area contributed by atoms with Crippen LogP contribution >= 0.6 is 0 Å². The number of rotatable bonds is 1.